The van der Waals surface area contributed by atoms with Crippen LogP contribution in [0.1, 0.15) is 70.1 Å². The summed E-state index contributed by atoms with van der Waals surface area (Å²) in [6.07, 6.45) is 9.58. The molecule has 1 unspecified atom stereocenters. The average molecular weight is 849 g/mol. The zero-order chi connectivity index (χ0) is 42.8. The van der Waals surface area contributed by atoms with Crippen LogP contribution in [0.15, 0.2) is 84.1 Å². The van der Waals surface area contributed by atoms with Gasteiger partial charge in [-0.2, -0.15) is 0 Å². The molecule has 6 heterocycles. The number of carbonyl (C=O) groups excluding carboxylic acids is 1. The van der Waals surface area contributed by atoms with Crippen molar-refractivity contribution in [2.24, 2.45) is 10.8 Å². The van der Waals surface area contributed by atoms with E-state index in [1.165, 1.54) is 6.92 Å². The largest absolute Gasteiger partial charge is 0.493 e. The van der Waals surface area contributed by atoms with E-state index in [0.29, 0.717) is 39.4 Å². The van der Waals surface area contributed by atoms with Crippen molar-refractivity contribution in [3.63, 3.8) is 0 Å². The average Bonchev–Trinajstić information content (AvgIpc) is 3.86. The van der Waals surface area contributed by atoms with E-state index in [2.05, 4.69) is 80.1 Å². The summed E-state index contributed by atoms with van der Waals surface area (Å²) in [6.45, 7) is 15.4. The fourth-order valence-corrected chi connectivity index (χ4v) is 9.94. The van der Waals surface area contributed by atoms with Gasteiger partial charge in [-0.1, -0.05) is 50.2 Å². The second kappa shape index (κ2) is 17.4. The molecular formula is C47H60N8O5S. The normalized spacial score (nSPS) is 20.2. The van der Waals surface area contributed by atoms with Gasteiger partial charge in [-0.15, -0.1) is 0 Å². The molecule has 0 bridgehead atoms. The molecule has 2 saturated heterocycles. The zero-order valence-corrected chi connectivity index (χ0v) is 37.0. The van der Waals surface area contributed by atoms with Crippen LogP contribution in [0.2, 0.25) is 0 Å². The number of hydrogen-bond acceptors (Lipinski definition) is 10. The molecule has 8 rings (SSSR count). The molecule has 4 N–H and O–H groups in total. The first kappa shape index (κ1) is 42.7. The SMILES string of the molecule is CC(=O)NCc1ccc(-c2c[nH]c3nccc(OCC4(C)CCN(CCNS(=O)(=O)c5ccc(C6(C)CNc7nccc(OCC8(C)CCN(C)CC8)c76)cc5)CC4)c23)cc1. The van der Waals surface area contributed by atoms with Gasteiger partial charge in [0.05, 0.1) is 23.5 Å². The van der Waals surface area contributed by atoms with Crippen molar-refractivity contribution in [3.05, 3.63) is 95.9 Å². The summed E-state index contributed by atoms with van der Waals surface area (Å²) in [5.74, 6) is 2.39. The summed E-state index contributed by atoms with van der Waals surface area (Å²) in [4.78, 5) is 28.8. The number of sulfonamides is 1. The Morgan fingerprint density at radius 2 is 1.48 bits per heavy atom. The Morgan fingerprint density at radius 3 is 2.16 bits per heavy atom. The minimum Gasteiger partial charge on any atom is -0.493 e. The first-order valence-corrected chi connectivity index (χ1v) is 23.0. The lowest BCUT2D eigenvalue weighted by Gasteiger charge is -2.39. The maximum Gasteiger partial charge on any atom is 0.240 e. The van der Waals surface area contributed by atoms with Crippen LogP contribution in [0.25, 0.3) is 22.2 Å². The van der Waals surface area contributed by atoms with Crippen molar-refractivity contribution >= 4 is 32.8 Å². The molecule has 3 aliphatic rings. The highest BCUT2D eigenvalue weighted by Gasteiger charge is 2.41. The maximum atomic E-state index is 13.5. The summed E-state index contributed by atoms with van der Waals surface area (Å²) < 4.78 is 43.0. The number of H-pyrrole nitrogens is 1. The number of piperidine rings is 2. The number of likely N-dealkylation sites (tertiary alicyclic amines) is 2. The van der Waals surface area contributed by atoms with E-state index in [-0.39, 0.29) is 21.6 Å². The number of pyridine rings is 2. The maximum absolute atomic E-state index is 13.5. The number of fused-ring (bicyclic) bond motifs is 2. The quantitative estimate of drug-likeness (QED) is 0.0911. The van der Waals surface area contributed by atoms with Gasteiger partial charge in [-0.25, -0.2) is 23.1 Å². The van der Waals surface area contributed by atoms with E-state index in [1.54, 1.807) is 24.5 Å². The van der Waals surface area contributed by atoms with Gasteiger partial charge in [0, 0.05) is 79.1 Å². The number of nitrogens with zero attached hydrogens (tertiary/aromatic N) is 4. The molecule has 5 aromatic rings. The molecule has 1 atom stereocenters. The van der Waals surface area contributed by atoms with Crippen LogP contribution in [0.4, 0.5) is 5.82 Å². The topological polar surface area (TPSA) is 154 Å². The molecule has 1 amide bonds. The third kappa shape index (κ3) is 9.42. The van der Waals surface area contributed by atoms with Gasteiger partial charge in [-0.05, 0) is 107 Å². The highest BCUT2D eigenvalue weighted by molar-refractivity contribution is 7.89. The second-order valence-electron chi connectivity index (χ2n) is 18.3. The minimum absolute atomic E-state index is 0.0328. The van der Waals surface area contributed by atoms with E-state index in [0.717, 1.165) is 108 Å². The monoisotopic (exact) mass is 848 g/mol. The molecule has 3 aromatic heterocycles. The molecular weight excluding hydrogens is 789 g/mol. The van der Waals surface area contributed by atoms with Gasteiger partial charge >= 0.3 is 0 Å². The lowest BCUT2D eigenvalue weighted by Crippen LogP contribution is -2.44. The van der Waals surface area contributed by atoms with Gasteiger partial charge in [0.1, 0.15) is 23.0 Å². The molecule has 13 nitrogen and oxygen atoms in total. The van der Waals surface area contributed by atoms with Crippen molar-refractivity contribution in [2.75, 3.05) is 71.4 Å². The Balaban J connectivity index is 0.832. The first-order chi connectivity index (χ1) is 29.2. The van der Waals surface area contributed by atoms with E-state index >= 15 is 0 Å². The minimum atomic E-state index is -3.70. The Bertz CT molecular complexity index is 2440. The molecule has 0 radical (unpaired) electrons. The van der Waals surface area contributed by atoms with Crippen LogP contribution >= 0.6 is 0 Å². The fraction of sp³-hybridized carbons (Fsp3) is 0.468. The van der Waals surface area contributed by atoms with Gasteiger partial charge in [0.15, 0.2) is 0 Å². The van der Waals surface area contributed by atoms with Crippen molar-refractivity contribution in [1.82, 2.24) is 34.8 Å². The molecule has 2 aromatic carbocycles. The number of aromatic nitrogens is 3. The van der Waals surface area contributed by atoms with Gasteiger partial charge in [0.25, 0.3) is 0 Å². The Morgan fingerprint density at radius 1 is 0.836 bits per heavy atom. The molecule has 0 saturated carbocycles. The zero-order valence-electron chi connectivity index (χ0n) is 36.1. The summed E-state index contributed by atoms with van der Waals surface area (Å²) in [6, 6.07) is 19.3. The van der Waals surface area contributed by atoms with E-state index in [4.69, 9.17) is 9.47 Å². The van der Waals surface area contributed by atoms with Gasteiger partial charge in [0.2, 0.25) is 15.9 Å². The number of carbonyl (C=O) groups is 1. The third-order valence-corrected chi connectivity index (χ3v) is 14.8. The molecule has 14 heteroatoms. The fourth-order valence-electron chi connectivity index (χ4n) is 8.92. The summed E-state index contributed by atoms with van der Waals surface area (Å²) in [5, 5.41) is 7.26. The number of rotatable bonds is 15. The molecule has 3 aliphatic heterocycles. The standard InChI is InChI=1S/C47H60N8O5S/c1-33(56)50-28-34-6-8-35(9-7-34)38-29-51-43-41(38)39(14-20-48-43)59-31-46(3)18-25-55(26-19-46)27-22-53-61(57,58)37-12-10-36(11-13-37)47(4)30-52-44-42(47)40(15-21-49-44)60-32-45(2)16-23-54(5)24-17-45/h6-15,20-21,29,53H,16-19,22-28,30-32H2,1-5H3,(H,48,51)(H,49,52)(H,50,56). The summed E-state index contributed by atoms with van der Waals surface area (Å²) in [7, 11) is -1.53. The first-order valence-electron chi connectivity index (χ1n) is 21.5. The van der Waals surface area contributed by atoms with Crippen molar-refractivity contribution < 1.29 is 22.7 Å². The highest BCUT2D eigenvalue weighted by atomic mass is 32.2. The van der Waals surface area contributed by atoms with Crippen LogP contribution in [-0.2, 0) is 26.8 Å². The van der Waals surface area contributed by atoms with Gasteiger partial charge in [-0.3, -0.25) is 4.79 Å². The Kier molecular flexibility index (Phi) is 12.2. The van der Waals surface area contributed by atoms with E-state index in [9.17, 15) is 13.2 Å². The smallest absolute Gasteiger partial charge is 0.240 e. The predicted molar refractivity (Wildman–Crippen MR) is 239 cm³/mol. The van der Waals surface area contributed by atoms with Crippen LogP contribution in [0.5, 0.6) is 11.5 Å². The molecule has 2 fully saturated rings. The molecule has 61 heavy (non-hydrogen) atoms. The number of nitrogens with one attached hydrogen (secondary N) is 4. The number of benzene rings is 2. The third-order valence-electron chi connectivity index (χ3n) is 13.3. The summed E-state index contributed by atoms with van der Waals surface area (Å²) >= 11 is 0. The lowest BCUT2D eigenvalue weighted by atomic mass is 9.78. The number of hydrogen-bond donors (Lipinski definition) is 4. The van der Waals surface area contributed by atoms with E-state index < -0.39 is 15.4 Å². The van der Waals surface area contributed by atoms with Crippen molar-refractivity contribution in [2.45, 2.75) is 70.2 Å². The number of amides is 1. The number of anilines is 1. The Labute approximate surface area is 360 Å². The van der Waals surface area contributed by atoms with E-state index in [1.807, 2.05) is 42.6 Å². The summed E-state index contributed by atoms with van der Waals surface area (Å²) in [5.41, 5.74) is 5.53. The van der Waals surface area contributed by atoms with Crippen molar-refractivity contribution in [3.8, 4) is 22.6 Å². The van der Waals surface area contributed by atoms with Crippen molar-refractivity contribution in [1.29, 1.82) is 0 Å². The lowest BCUT2D eigenvalue weighted by molar-refractivity contribution is -0.119. The molecule has 0 spiro atoms. The Hall–Kier alpha value is -5.02. The van der Waals surface area contributed by atoms with Crippen LogP contribution in [0, 0.1) is 10.8 Å². The van der Waals surface area contributed by atoms with Gasteiger partial charge < -0.3 is 34.9 Å². The number of aromatic amines is 1. The van der Waals surface area contributed by atoms with Crippen LogP contribution < -0.4 is 24.8 Å². The highest BCUT2D eigenvalue weighted by Crippen LogP contribution is 2.46. The second-order valence-corrected chi connectivity index (χ2v) is 20.1. The van der Waals surface area contributed by atoms with Crippen LogP contribution in [0.3, 0.4) is 0 Å². The van der Waals surface area contributed by atoms with Crippen LogP contribution in [-0.4, -0.2) is 105 Å². The number of ether oxygens (including phenoxy) is 2. The predicted octanol–water partition coefficient (Wildman–Crippen LogP) is 6.56. The molecule has 0 aliphatic carbocycles. The molecule has 324 valence electrons.